The molecule has 148 valence electrons. The van der Waals surface area contributed by atoms with E-state index in [1.54, 1.807) is 0 Å². The van der Waals surface area contributed by atoms with Gasteiger partial charge in [-0.15, -0.1) is 0 Å². The molecule has 3 rings (SSSR count). The number of halogens is 3. The molecule has 1 aliphatic rings. The molecule has 0 amide bonds. The van der Waals surface area contributed by atoms with E-state index in [-0.39, 0.29) is 40.9 Å². The Kier molecular flexibility index (Phi) is 10.3. The molecule has 0 spiro atoms. The van der Waals surface area contributed by atoms with Gasteiger partial charge in [0.25, 0.3) is 0 Å². The van der Waals surface area contributed by atoms with Crippen LogP contribution in [0.4, 0.5) is 0 Å². The molecule has 0 N–H and O–H groups in total. The maximum Gasteiger partial charge on any atom is -1.00 e. The summed E-state index contributed by atoms with van der Waals surface area (Å²) in [7, 11) is 0. The van der Waals surface area contributed by atoms with E-state index >= 15 is 0 Å². The molecule has 0 bridgehead atoms. The van der Waals surface area contributed by atoms with Crippen LogP contribution in [0.5, 0.6) is 0 Å². The van der Waals surface area contributed by atoms with Crippen molar-refractivity contribution in [2.75, 3.05) is 0 Å². The van der Waals surface area contributed by atoms with Crippen LogP contribution in [0.15, 0.2) is 59.7 Å². The minimum Gasteiger partial charge on any atom is -1.00 e. The van der Waals surface area contributed by atoms with Crippen LogP contribution >= 0.6 is 0 Å². The smallest absolute Gasteiger partial charge is 1.00 e. The molecule has 28 heavy (non-hydrogen) atoms. The number of aryl methyl sites for hydroxylation is 4. The molecule has 0 nitrogen and oxygen atoms in total. The Morgan fingerprint density at radius 3 is 1.29 bits per heavy atom. The molecule has 0 fully saturated rings. The number of benzene rings is 2. The van der Waals surface area contributed by atoms with Crippen LogP contribution in [0, 0.1) is 27.7 Å². The Morgan fingerprint density at radius 1 is 0.643 bits per heavy atom. The molecule has 2 aromatic rings. The summed E-state index contributed by atoms with van der Waals surface area (Å²) < 4.78 is 0.0184. The van der Waals surface area contributed by atoms with Crippen LogP contribution in [0.1, 0.15) is 53.1 Å². The Hall–Kier alpha value is -0.496. The van der Waals surface area contributed by atoms with Gasteiger partial charge >= 0.3 is 165 Å². The van der Waals surface area contributed by atoms with Crippen molar-refractivity contribution < 1.29 is 57.7 Å². The first kappa shape index (κ1) is 27.5. The van der Waals surface area contributed by atoms with Crippen molar-refractivity contribution >= 4 is 0 Å². The summed E-state index contributed by atoms with van der Waals surface area (Å²) in [5.41, 5.74) is 11.1. The van der Waals surface area contributed by atoms with Gasteiger partial charge in [-0.05, 0) is 0 Å². The van der Waals surface area contributed by atoms with E-state index < -0.39 is 0 Å². The fourth-order valence-electron chi connectivity index (χ4n) is 4.22. The normalized spacial score (nSPS) is 17.9. The summed E-state index contributed by atoms with van der Waals surface area (Å²) in [6.45, 7) is 13.3. The summed E-state index contributed by atoms with van der Waals surface area (Å²) >= 11 is 2.40. The zero-order chi connectivity index (χ0) is 18.4. The van der Waals surface area contributed by atoms with E-state index in [0.717, 1.165) is 0 Å². The third kappa shape index (κ3) is 5.35. The van der Waals surface area contributed by atoms with Crippen molar-refractivity contribution in [3.8, 4) is 0 Å². The van der Waals surface area contributed by atoms with Crippen LogP contribution in [-0.2, 0) is 20.4 Å². The summed E-state index contributed by atoms with van der Waals surface area (Å²) in [6.07, 6.45) is 4.71. The van der Waals surface area contributed by atoms with Gasteiger partial charge in [-0.25, -0.2) is 0 Å². The second kappa shape index (κ2) is 10.5. The Bertz CT molecular complexity index is 807. The first-order valence-electron chi connectivity index (χ1n) is 8.99. The SMILES string of the molecule is CC1=C(C)[C]([Ti+3])(C(c2cc(C)cc(C)c2)c2cc(C)cc(C)c2)C=C1.[Cl-].[Cl-].[Cl-]. The second-order valence-corrected chi connectivity index (χ2v) is 9.08. The predicted octanol–water partition coefficient (Wildman–Crippen LogP) is -2.32. The molecule has 2 aromatic carbocycles. The van der Waals surface area contributed by atoms with E-state index in [9.17, 15) is 0 Å². The standard InChI is InChI=1S/C24H27.3ClH.Ti/c1-15-9-16(2)12-21(11-15)24(23-8-7-19(5)20(23)6)22-13-17(3)10-18(4)14-22;;;;/h7-14,24H,1-6H3;3*1H;/q;;;;+3/p-3. The third-order valence-corrected chi connectivity index (χ3v) is 6.71. The molecule has 0 saturated heterocycles. The van der Waals surface area contributed by atoms with Crippen molar-refractivity contribution in [2.45, 2.75) is 51.2 Å². The maximum absolute atomic E-state index is 2.41. The molecule has 0 heterocycles. The monoisotopic (exact) mass is 468 g/mol. The van der Waals surface area contributed by atoms with E-state index in [1.165, 1.54) is 44.5 Å². The summed E-state index contributed by atoms with van der Waals surface area (Å²) in [5, 5.41) is 0. The Morgan fingerprint density at radius 2 is 1.00 bits per heavy atom. The Labute approximate surface area is 200 Å². The van der Waals surface area contributed by atoms with E-state index in [2.05, 4.69) is 111 Å². The van der Waals surface area contributed by atoms with Gasteiger partial charge in [0.15, 0.2) is 0 Å². The summed E-state index contributed by atoms with van der Waals surface area (Å²) in [4.78, 5) is 0. The molecule has 1 unspecified atom stereocenters. The average Bonchev–Trinajstić information content (AvgIpc) is 2.74. The van der Waals surface area contributed by atoms with Crippen LogP contribution in [-0.4, -0.2) is 0 Å². The van der Waals surface area contributed by atoms with Gasteiger partial charge in [-0.3, -0.25) is 0 Å². The molecule has 4 heteroatoms. The van der Waals surface area contributed by atoms with Crippen molar-refractivity contribution in [2.24, 2.45) is 0 Å². The zero-order valence-corrected chi connectivity index (χ0v) is 21.2. The van der Waals surface area contributed by atoms with Gasteiger partial charge < -0.3 is 37.2 Å². The van der Waals surface area contributed by atoms with Gasteiger partial charge in [-0.1, -0.05) is 0 Å². The molecule has 1 aliphatic carbocycles. The molecule has 1 atom stereocenters. The number of hydrogen-bond donors (Lipinski definition) is 0. The molecule has 0 aliphatic heterocycles. The first-order valence-corrected chi connectivity index (χ1v) is 9.77. The quantitative estimate of drug-likeness (QED) is 0.443. The van der Waals surface area contributed by atoms with Crippen molar-refractivity contribution in [3.05, 3.63) is 93.1 Å². The number of hydrogen-bond acceptors (Lipinski definition) is 0. The summed E-state index contributed by atoms with van der Waals surface area (Å²) in [5.74, 6) is 0.332. The minimum atomic E-state index is 0. The second-order valence-electron chi connectivity index (χ2n) is 7.79. The van der Waals surface area contributed by atoms with Crippen LogP contribution in [0.2, 0.25) is 3.72 Å². The molecule has 0 radical (unpaired) electrons. The van der Waals surface area contributed by atoms with Gasteiger partial charge in [0.2, 0.25) is 0 Å². The summed E-state index contributed by atoms with van der Waals surface area (Å²) in [6, 6.07) is 14.0. The molecular weight excluding hydrogens is 442 g/mol. The van der Waals surface area contributed by atoms with Gasteiger partial charge in [-0.2, -0.15) is 0 Å². The fraction of sp³-hybridized carbons (Fsp3) is 0.333. The predicted molar refractivity (Wildman–Crippen MR) is 104 cm³/mol. The molecule has 0 saturated carbocycles. The van der Waals surface area contributed by atoms with Crippen molar-refractivity contribution in [3.63, 3.8) is 0 Å². The number of allylic oxidation sites excluding steroid dienone is 4. The van der Waals surface area contributed by atoms with E-state index in [4.69, 9.17) is 0 Å². The minimum absolute atomic E-state index is 0. The average molecular weight is 470 g/mol. The maximum atomic E-state index is 2.41. The van der Waals surface area contributed by atoms with Crippen molar-refractivity contribution in [1.29, 1.82) is 0 Å². The van der Waals surface area contributed by atoms with E-state index in [0.29, 0.717) is 5.92 Å². The van der Waals surface area contributed by atoms with Crippen LogP contribution in [0.3, 0.4) is 0 Å². The van der Waals surface area contributed by atoms with Gasteiger partial charge in [0.05, 0.1) is 0 Å². The van der Waals surface area contributed by atoms with E-state index in [1.807, 2.05) is 0 Å². The number of rotatable bonds is 3. The third-order valence-electron chi connectivity index (χ3n) is 5.42. The first-order chi connectivity index (χ1) is 11.7. The Balaban J connectivity index is 0.00000243. The zero-order valence-electron chi connectivity index (χ0n) is 17.3. The van der Waals surface area contributed by atoms with Gasteiger partial charge in [0.1, 0.15) is 0 Å². The van der Waals surface area contributed by atoms with Gasteiger partial charge in [0, 0.05) is 0 Å². The fourth-order valence-corrected chi connectivity index (χ4v) is 5.18. The largest absolute Gasteiger partial charge is 1.00 e. The molecule has 0 aromatic heterocycles. The van der Waals surface area contributed by atoms with Crippen LogP contribution in [0.25, 0.3) is 0 Å². The van der Waals surface area contributed by atoms with Crippen molar-refractivity contribution in [1.82, 2.24) is 0 Å². The molecular formula is C24H27Cl3Ti. The van der Waals surface area contributed by atoms with Crippen LogP contribution < -0.4 is 37.2 Å². The topological polar surface area (TPSA) is 0 Å².